The van der Waals surface area contributed by atoms with Gasteiger partial charge in [0.25, 0.3) is 5.91 Å². The molecule has 0 aliphatic carbocycles. The van der Waals surface area contributed by atoms with Gasteiger partial charge in [-0.2, -0.15) is 4.99 Å². The zero-order valence-corrected chi connectivity index (χ0v) is 12.1. The lowest BCUT2D eigenvalue weighted by Gasteiger charge is -2.23. The highest BCUT2D eigenvalue weighted by Gasteiger charge is 2.21. The summed E-state index contributed by atoms with van der Waals surface area (Å²) in [5.74, 6) is 1.10. The van der Waals surface area contributed by atoms with Crippen molar-refractivity contribution < 1.29 is 4.79 Å². The highest BCUT2D eigenvalue weighted by atomic mass is 32.2. The first-order valence-electron chi connectivity index (χ1n) is 6.46. The van der Waals surface area contributed by atoms with Gasteiger partial charge in [0.1, 0.15) is 0 Å². The number of nitrogens with zero attached hydrogens (tertiary/aromatic N) is 1. The van der Waals surface area contributed by atoms with Crippen molar-refractivity contribution in [2.24, 2.45) is 16.5 Å². The first-order valence-corrected chi connectivity index (χ1v) is 7.45. The number of aliphatic imine (C=N–C) groups is 1. The standard InChI is InChI=1S/C14H19N3OS/c1-3-9-6-10-8(2)4-5-19-12(10)7-11(9)13(18)17-14(15)16/h6-8H,3-5H2,1-2H3,(H4,15,16,17,18). The molecular formula is C14H19N3OS. The maximum absolute atomic E-state index is 12.0. The van der Waals surface area contributed by atoms with Gasteiger partial charge in [0.2, 0.25) is 0 Å². The molecule has 1 unspecified atom stereocenters. The van der Waals surface area contributed by atoms with Crippen LogP contribution in [0, 0.1) is 0 Å². The van der Waals surface area contributed by atoms with E-state index in [9.17, 15) is 4.79 Å². The fraction of sp³-hybridized carbons (Fsp3) is 0.429. The Morgan fingerprint density at radius 1 is 1.47 bits per heavy atom. The van der Waals surface area contributed by atoms with Crippen LogP contribution in [0.5, 0.6) is 0 Å². The number of carbonyl (C=O) groups is 1. The minimum atomic E-state index is -0.349. The zero-order chi connectivity index (χ0) is 14.0. The van der Waals surface area contributed by atoms with E-state index in [-0.39, 0.29) is 11.9 Å². The van der Waals surface area contributed by atoms with Gasteiger partial charge >= 0.3 is 0 Å². The Labute approximate surface area is 117 Å². The summed E-state index contributed by atoms with van der Waals surface area (Å²) in [5, 5.41) is 0. The van der Waals surface area contributed by atoms with Crippen LogP contribution in [0.1, 0.15) is 47.7 Å². The average Bonchev–Trinajstić information content (AvgIpc) is 2.37. The smallest absolute Gasteiger partial charge is 0.280 e. The number of carbonyl (C=O) groups excluding carboxylic acids is 1. The predicted octanol–water partition coefficient (Wildman–Crippen LogP) is 2.26. The van der Waals surface area contributed by atoms with Crippen molar-refractivity contribution in [3.8, 4) is 0 Å². The van der Waals surface area contributed by atoms with Crippen LogP contribution < -0.4 is 11.5 Å². The largest absolute Gasteiger partial charge is 0.370 e. The molecule has 4 nitrogen and oxygen atoms in total. The topological polar surface area (TPSA) is 81.5 Å². The van der Waals surface area contributed by atoms with E-state index in [0.29, 0.717) is 11.5 Å². The molecular weight excluding hydrogens is 258 g/mol. The molecule has 1 amide bonds. The molecule has 102 valence electrons. The fourth-order valence-electron chi connectivity index (χ4n) is 2.32. The van der Waals surface area contributed by atoms with Crippen molar-refractivity contribution >= 4 is 23.6 Å². The fourth-order valence-corrected chi connectivity index (χ4v) is 3.64. The van der Waals surface area contributed by atoms with E-state index >= 15 is 0 Å². The number of nitrogens with two attached hydrogens (primary N) is 2. The molecule has 0 radical (unpaired) electrons. The van der Waals surface area contributed by atoms with E-state index in [1.54, 1.807) is 11.8 Å². The van der Waals surface area contributed by atoms with E-state index in [4.69, 9.17) is 11.5 Å². The van der Waals surface area contributed by atoms with Gasteiger partial charge in [-0.25, -0.2) is 0 Å². The van der Waals surface area contributed by atoms with Gasteiger partial charge in [-0.3, -0.25) is 4.79 Å². The molecule has 1 aliphatic rings. The predicted molar refractivity (Wildman–Crippen MR) is 79.7 cm³/mol. The van der Waals surface area contributed by atoms with Crippen LogP contribution in [0.3, 0.4) is 0 Å². The van der Waals surface area contributed by atoms with Crippen molar-refractivity contribution in [3.63, 3.8) is 0 Å². The van der Waals surface area contributed by atoms with Gasteiger partial charge in [0.05, 0.1) is 0 Å². The number of thioether (sulfide) groups is 1. The Balaban J connectivity index is 2.50. The second kappa shape index (κ2) is 5.65. The lowest BCUT2D eigenvalue weighted by Crippen LogP contribution is -2.24. The van der Waals surface area contributed by atoms with Crippen LogP contribution in [0.15, 0.2) is 22.0 Å². The van der Waals surface area contributed by atoms with E-state index in [1.807, 2.05) is 13.0 Å². The highest BCUT2D eigenvalue weighted by molar-refractivity contribution is 7.99. The van der Waals surface area contributed by atoms with E-state index < -0.39 is 0 Å². The Bertz CT molecular complexity index is 536. The summed E-state index contributed by atoms with van der Waals surface area (Å²) in [7, 11) is 0. The molecule has 5 heteroatoms. The second-order valence-electron chi connectivity index (χ2n) is 4.78. The molecule has 1 heterocycles. The van der Waals surface area contributed by atoms with Gasteiger partial charge in [0.15, 0.2) is 5.96 Å². The number of hydrogen-bond acceptors (Lipinski definition) is 2. The van der Waals surface area contributed by atoms with E-state index in [0.717, 1.165) is 17.7 Å². The lowest BCUT2D eigenvalue weighted by molar-refractivity contribution is 0.100. The van der Waals surface area contributed by atoms with Gasteiger partial charge in [0, 0.05) is 10.5 Å². The highest BCUT2D eigenvalue weighted by Crippen LogP contribution is 2.39. The maximum Gasteiger partial charge on any atom is 0.280 e. The minimum Gasteiger partial charge on any atom is -0.370 e. The van der Waals surface area contributed by atoms with Gasteiger partial charge in [-0.15, -0.1) is 11.8 Å². The monoisotopic (exact) mass is 277 g/mol. The number of benzene rings is 1. The van der Waals surface area contributed by atoms with E-state index in [1.165, 1.54) is 16.9 Å². The third kappa shape index (κ3) is 2.92. The SMILES string of the molecule is CCc1cc2c(cc1C(=O)N=C(N)N)SCCC2C. The van der Waals surface area contributed by atoms with Crippen LogP contribution in [-0.4, -0.2) is 17.6 Å². The van der Waals surface area contributed by atoms with Crippen molar-refractivity contribution in [2.75, 3.05) is 5.75 Å². The summed E-state index contributed by atoms with van der Waals surface area (Å²) in [4.78, 5) is 16.9. The lowest BCUT2D eigenvalue weighted by atomic mass is 9.92. The molecule has 1 atom stereocenters. The number of fused-ring (bicyclic) bond motifs is 1. The second-order valence-corrected chi connectivity index (χ2v) is 5.92. The van der Waals surface area contributed by atoms with Crippen LogP contribution in [0.25, 0.3) is 0 Å². The molecule has 19 heavy (non-hydrogen) atoms. The number of guanidine groups is 1. The molecule has 1 aliphatic heterocycles. The Morgan fingerprint density at radius 2 is 2.21 bits per heavy atom. The molecule has 0 bridgehead atoms. The normalized spacial score (nSPS) is 17.7. The summed E-state index contributed by atoms with van der Waals surface area (Å²) < 4.78 is 0. The summed E-state index contributed by atoms with van der Waals surface area (Å²) >= 11 is 1.80. The minimum absolute atomic E-state index is 0.189. The van der Waals surface area contributed by atoms with Gasteiger partial charge in [-0.1, -0.05) is 19.9 Å². The number of aryl methyl sites for hydroxylation is 1. The molecule has 0 fully saturated rings. The molecule has 0 spiro atoms. The molecule has 4 N–H and O–H groups in total. The zero-order valence-electron chi connectivity index (χ0n) is 11.3. The first-order chi connectivity index (χ1) is 9.02. The van der Waals surface area contributed by atoms with Crippen molar-refractivity contribution in [1.82, 2.24) is 0 Å². The van der Waals surface area contributed by atoms with E-state index in [2.05, 4.69) is 18.0 Å². The van der Waals surface area contributed by atoms with Crippen LogP contribution >= 0.6 is 11.8 Å². The van der Waals surface area contributed by atoms with Crippen LogP contribution in [0.2, 0.25) is 0 Å². The molecule has 2 rings (SSSR count). The van der Waals surface area contributed by atoms with Crippen molar-refractivity contribution in [1.29, 1.82) is 0 Å². The maximum atomic E-state index is 12.0. The third-order valence-electron chi connectivity index (χ3n) is 3.42. The Kier molecular flexibility index (Phi) is 4.14. The first kappa shape index (κ1) is 13.9. The Morgan fingerprint density at radius 3 is 2.84 bits per heavy atom. The van der Waals surface area contributed by atoms with Crippen molar-refractivity contribution in [3.05, 3.63) is 28.8 Å². The van der Waals surface area contributed by atoms with Gasteiger partial charge < -0.3 is 11.5 Å². The summed E-state index contributed by atoms with van der Waals surface area (Å²) in [6.45, 7) is 4.27. The molecule has 1 aromatic rings. The average molecular weight is 277 g/mol. The summed E-state index contributed by atoms with van der Waals surface area (Å²) in [5.41, 5.74) is 13.5. The summed E-state index contributed by atoms with van der Waals surface area (Å²) in [6, 6.07) is 4.09. The van der Waals surface area contributed by atoms with Crippen molar-refractivity contribution in [2.45, 2.75) is 37.5 Å². The number of hydrogen-bond donors (Lipinski definition) is 2. The quantitative estimate of drug-likeness (QED) is 0.642. The van der Waals surface area contributed by atoms with Crippen LogP contribution in [0.4, 0.5) is 0 Å². The van der Waals surface area contributed by atoms with Crippen LogP contribution in [-0.2, 0) is 6.42 Å². The number of rotatable bonds is 2. The van der Waals surface area contributed by atoms with Gasteiger partial charge in [-0.05, 0) is 41.7 Å². The molecule has 0 saturated heterocycles. The molecule has 0 aromatic heterocycles. The number of amides is 1. The molecule has 0 saturated carbocycles. The molecule has 1 aromatic carbocycles. The Hall–Kier alpha value is -1.49. The third-order valence-corrected chi connectivity index (χ3v) is 4.52. The summed E-state index contributed by atoms with van der Waals surface area (Å²) in [6.07, 6.45) is 1.98.